The Morgan fingerprint density at radius 2 is 2.16 bits per heavy atom. The predicted octanol–water partition coefficient (Wildman–Crippen LogP) is 1.65. The molecule has 3 rings (SSSR count). The van der Waals surface area contributed by atoms with Gasteiger partial charge in [0.25, 0.3) is 0 Å². The van der Waals surface area contributed by atoms with Gasteiger partial charge in [-0.3, -0.25) is 9.59 Å². The minimum Gasteiger partial charge on any atom is -0.343 e. The lowest BCUT2D eigenvalue weighted by Crippen LogP contribution is -2.60. The summed E-state index contributed by atoms with van der Waals surface area (Å²) in [5, 5.41) is 8.96. The second-order valence-electron chi connectivity index (χ2n) is 6.47. The number of anilines is 1. The molecule has 2 saturated heterocycles. The molecule has 2 aliphatic rings. The van der Waals surface area contributed by atoms with Gasteiger partial charge in [-0.1, -0.05) is 18.5 Å². The highest BCUT2D eigenvalue weighted by Crippen LogP contribution is 2.24. The Balaban J connectivity index is 1.62. The number of hydrogen-bond acceptors (Lipinski definition) is 3. The smallest absolute Gasteiger partial charge is 0.319 e. The van der Waals surface area contributed by atoms with Crippen LogP contribution >= 0.6 is 11.6 Å². The molecule has 2 fully saturated rings. The van der Waals surface area contributed by atoms with Crippen LogP contribution in [0.25, 0.3) is 0 Å². The second-order valence-corrected chi connectivity index (χ2v) is 6.90. The number of hydrogen-bond donors (Lipinski definition) is 3. The Morgan fingerprint density at radius 3 is 2.84 bits per heavy atom. The first-order chi connectivity index (χ1) is 11.9. The number of nitrogens with zero attached hydrogens (tertiary/aromatic N) is 1. The van der Waals surface area contributed by atoms with Gasteiger partial charge in [-0.15, -0.1) is 0 Å². The van der Waals surface area contributed by atoms with Gasteiger partial charge in [-0.25, -0.2) is 4.79 Å². The highest BCUT2D eigenvalue weighted by atomic mass is 35.5. The molecule has 2 heterocycles. The summed E-state index contributed by atoms with van der Waals surface area (Å²) >= 11 is 5.91. The van der Waals surface area contributed by atoms with E-state index in [1.165, 1.54) is 0 Å². The Labute approximate surface area is 151 Å². The van der Waals surface area contributed by atoms with Crippen molar-refractivity contribution in [1.82, 2.24) is 15.5 Å². The van der Waals surface area contributed by atoms with Crippen molar-refractivity contribution in [2.75, 3.05) is 11.9 Å². The van der Waals surface area contributed by atoms with Crippen LogP contribution in [0.5, 0.6) is 0 Å². The van der Waals surface area contributed by atoms with E-state index in [9.17, 15) is 14.4 Å². The zero-order chi connectivity index (χ0) is 18.1. The highest BCUT2D eigenvalue weighted by molar-refractivity contribution is 6.30. The van der Waals surface area contributed by atoms with Gasteiger partial charge in [-0.05, 0) is 43.5 Å². The number of rotatable bonds is 3. The molecule has 3 N–H and O–H groups in total. The van der Waals surface area contributed by atoms with E-state index < -0.39 is 12.1 Å². The molecule has 7 nitrogen and oxygen atoms in total. The minimum absolute atomic E-state index is 0.0784. The molecule has 8 heteroatoms. The number of halogens is 1. The monoisotopic (exact) mass is 364 g/mol. The fourth-order valence-corrected chi connectivity index (χ4v) is 3.58. The molecule has 4 amide bonds. The predicted molar refractivity (Wildman–Crippen MR) is 94.5 cm³/mol. The zero-order valence-corrected chi connectivity index (χ0v) is 14.9. The number of urea groups is 1. The fourth-order valence-electron chi connectivity index (χ4n) is 3.35. The minimum atomic E-state index is -0.502. The number of fused-ring (bicyclic) bond motifs is 1. The molecular formula is C17H21ClN4O3. The number of piperazine rings is 1. The van der Waals surface area contributed by atoms with Crippen LogP contribution in [0.15, 0.2) is 18.2 Å². The SMILES string of the molecule is CC[C@@H]1NC(=O)[C@@H]2C[C@H](NC(=O)Nc3ccc(Cl)cc3C)CN2C1=O. The van der Waals surface area contributed by atoms with E-state index in [-0.39, 0.29) is 23.9 Å². The highest BCUT2D eigenvalue weighted by Gasteiger charge is 2.46. The van der Waals surface area contributed by atoms with Crippen LogP contribution in [-0.4, -0.2) is 47.4 Å². The van der Waals surface area contributed by atoms with Gasteiger partial charge in [0.1, 0.15) is 12.1 Å². The Morgan fingerprint density at radius 1 is 1.40 bits per heavy atom. The average Bonchev–Trinajstić information content (AvgIpc) is 2.98. The summed E-state index contributed by atoms with van der Waals surface area (Å²) in [5.74, 6) is -0.227. The normalized spacial score (nSPS) is 25.4. The average molecular weight is 365 g/mol. The standard InChI is InChI=1S/C17H21ClN4O3/c1-3-12-16(24)22-8-11(7-14(22)15(23)20-12)19-17(25)21-13-5-4-10(18)6-9(13)2/h4-6,11-12,14H,3,7-8H2,1-2H3,(H,20,23)(H2,19,21,25)/t11-,12-,14-/m0/s1. The van der Waals surface area contributed by atoms with Crippen molar-refractivity contribution < 1.29 is 14.4 Å². The summed E-state index contributed by atoms with van der Waals surface area (Å²) < 4.78 is 0. The van der Waals surface area contributed by atoms with E-state index >= 15 is 0 Å². The maximum absolute atomic E-state index is 12.4. The maximum Gasteiger partial charge on any atom is 0.319 e. The van der Waals surface area contributed by atoms with Crippen molar-refractivity contribution in [1.29, 1.82) is 0 Å². The van der Waals surface area contributed by atoms with Crippen molar-refractivity contribution in [3.05, 3.63) is 28.8 Å². The van der Waals surface area contributed by atoms with E-state index in [4.69, 9.17) is 11.6 Å². The quantitative estimate of drug-likeness (QED) is 0.761. The molecule has 0 aromatic heterocycles. The van der Waals surface area contributed by atoms with E-state index in [2.05, 4.69) is 16.0 Å². The van der Waals surface area contributed by atoms with Gasteiger partial charge >= 0.3 is 6.03 Å². The summed E-state index contributed by atoms with van der Waals surface area (Å²) in [7, 11) is 0. The van der Waals surface area contributed by atoms with Crippen molar-refractivity contribution in [2.45, 2.75) is 44.8 Å². The molecule has 0 saturated carbocycles. The molecule has 2 aliphatic heterocycles. The van der Waals surface area contributed by atoms with E-state index in [0.717, 1.165) is 5.56 Å². The van der Waals surface area contributed by atoms with Gasteiger partial charge in [0.2, 0.25) is 11.8 Å². The number of amides is 4. The number of carbonyl (C=O) groups excluding carboxylic acids is 3. The van der Waals surface area contributed by atoms with Gasteiger partial charge in [-0.2, -0.15) is 0 Å². The molecule has 3 atom stereocenters. The zero-order valence-electron chi connectivity index (χ0n) is 14.1. The number of aryl methyl sites for hydroxylation is 1. The van der Waals surface area contributed by atoms with Crippen LogP contribution in [0, 0.1) is 6.92 Å². The fraction of sp³-hybridized carbons (Fsp3) is 0.471. The lowest BCUT2D eigenvalue weighted by atomic mass is 10.1. The molecule has 1 aromatic carbocycles. The number of carbonyl (C=O) groups is 3. The maximum atomic E-state index is 12.4. The van der Waals surface area contributed by atoms with E-state index in [1.54, 1.807) is 23.1 Å². The summed E-state index contributed by atoms with van der Waals surface area (Å²) in [6.45, 7) is 4.06. The first kappa shape index (κ1) is 17.5. The van der Waals surface area contributed by atoms with Crippen molar-refractivity contribution in [2.24, 2.45) is 0 Å². The Bertz CT molecular complexity index is 724. The Hall–Kier alpha value is -2.28. The van der Waals surface area contributed by atoms with Crippen LogP contribution in [0.2, 0.25) is 5.02 Å². The number of benzene rings is 1. The third kappa shape index (κ3) is 3.56. The molecule has 0 radical (unpaired) electrons. The summed E-state index contributed by atoms with van der Waals surface area (Å²) in [4.78, 5) is 38.3. The molecule has 0 spiro atoms. The van der Waals surface area contributed by atoms with Gasteiger partial charge in [0, 0.05) is 17.3 Å². The lowest BCUT2D eigenvalue weighted by molar-refractivity contribution is -0.147. The first-order valence-electron chi connectivity index (χ1n) is 8.33. The van der Waals surface area contributed by atoms with Gasteiger partial charge < -0.3 is 20.9 Å². The molecule has 134 valence electrons. The summed E-state index contributed by atoms with van der Waals surface area (Å²) in [6, 6.07) is 3.61. The molecule has 0 unspecified atom stereocenters. The third-order valence-corrected chi connectivity index (χ3v) is 4.92. The third-order valence-electron chi connectivity index (χ3n) is 4.68. The molecular weight excluding hydrogens is 344 g/mol. The van der Waals surface area contributed by atoms with Crippen molar-refractivity contribution in [3.8, 4) is 0 Å². The molecule has 1 aromatic rings. The van der Waals surface area contributed by atoms with Crippen LogP contribution in [0.1, 0.15) is 25.3 Å². The number of nitrogens with one attached hydrogen (secondary N) is 3. The first-order valence-corrected chi connectivity index (χ1v) is 8.71. The largest absolute Gasteiger partial charge is 0.343 e. The van der Waals surface area contributed by atoms with Crippen molar-refractivity contribution >= 4 is 35.1 Å². The van der Waals surface area contributed by atoms with Gasteiger partial charge in [0.05, 0.1) is 6.04 Å². The molecule has 25 heavy (non-hydrogen) atoms. The van der Waals surface area contributed by atoms with Crippen LogP contribution in [0.4, 0.5) is 10.5 Å². The lowest BCUT2D eigenvalue weighted by Gasteiger charge is -2.33. The Kier molecular flexibility index (Phi) is 4.85. The van der Waals surface area contributed by atoms with Crippen LogP contribution in [-0.2, 0) is 9.59 Å². The molecule has 0 bridgehead atoms. The second kappa shape index (κ2) is 6.92. The topological polar surface area (TPSA) is 90.5 Å². The van der Waals surface area contributed by atoms with E-state index in [0.29, 0.717) is 30.1 Å². The molecule has 0 aliphatic carbocycles. The van der Waals surface area contributed by atoms with Crippen LogP contribution < -0.4 is 16.0 Å². The van der Waals surface area contributed by atoms with Gasteiger partial charge in [0.15, 0.2) is 0 Å². The van der Waals surface area contributed by atoms with E-state index in [1.807, 2.05) is 13.8 Å². The van der Waals surface area contributed by atoms with Crippen LogP contribution in [0.3, 0.4) is 0 Å². The van der Waals surface area contributed by atoms with Crippen molar-refractivity contribution in [3.63, 3.8) is 0 Å². The summed E-state index contributed by atoms with van der Waals surface area (Å²) in [6.07, 6.45) is 0.975. The summed E-state index contributed by atoms with van der Waals surface area (Å²) in [5.41, 5.74) is 1.52.